The van der Waals surface area contributed by atoms with E-state index >= 15 is 0 Å². The molecular formula is C13H16ClN3. The van der Waals surface area contributed by atoms with E-state index in [9.17, 15) is 0 Å². The predicted octanol–water partition coefficient (Wildman–Crippen LogP) is 2.61. The summed E-state index contributed by atoms with van der Waals surface area (Å²) in [6.45, 7) is 0. The van der Waals surface area contributed by atoms with Crippen molar-refractivity contribution < 1.29 is 0 Å². The predicted molar refractivity (Wildman–Crippen MR) is 75.2 cm³/mol. The average Bonchev–Trinajstić information content (AvgIpc) is 2.31. The fourth-order valence-electron chi connectivity index (χ4n) is 1.26. The fourth-order valence-corrected chi connectivity index (χ4v) is 1.26. The maximum atomic E-state index is 6.06. The number of guanidine groups is 1. The quantitative estimate of drug-likeness (QED) is 0.537. The van der Waals surface area contributed by atoms with E-state index in [2.05, 4.69) is 60.0 Å². The molecule has 0 fully saturated rings. The summed E-state index contributed by atoms with van der Waals surface area (Å²) < 4.78 is 0. The Balaban J connectivity index is 0.000000453. The molecular weight excluding hydrogens is 234 g/mol. The van der Waals surface area contributed by atoms with E-state index in [1.807, 2.05) is 12.1 Å². The van der Waals surface area contributed by atoms with Gasteiger partial charge in [0.05, 0.1) is 0 Å². The van der Waals surface area contributed by atoms with Gasteiger partial charge in [-0.15, -0.1) is 12.4 Å². The Morgan fingerprint density at radius 1 is 0.706 bits per heavy atom. The molecule has 2 aromatic rings. The Morgan fingerprint density at radius 2 is 0.941 bits per heavy atom. The number of nitrogens with two attached hydrogens (primary N) is 2. The lowest BCUT2D eigenvalue weighted by molar-refractivity contribution is 1.39. The minimum atomic E-state index is -0.333. The molecule has 0 aliphatic heterocycles. The highest BCUT2D eigenvalue weighted by molar-refractivity contribution is 5.85. The van der Waals surface area contributed by atoms with Gasteiger partial charge in [0.15, 0.2) is 5.96 Å². The molecule has 0 atom stereocenters. The van der Waals surface area contributed by atoms with Crippen molar-refractivity contribution in [1.29, 1.82) is 5.41 Å². The van der Waals surface area contributed by atoms with E-state index in [0.717, 1.165) is 0 Å². The molecule has 2 aromatic carbocycles. The fraction of sp³-hybridized carbons (Fsp3) is 0. The lowest BCUT2D eigenvalue weighted by Gasteiger charge is -1.98. The second kappa shape index (κ2) is 8.19. The van der Waals surface area contributed by atoms with Crippen molar-refractivity contribution in [3.05, 3.63) is 60.7 Å². The normalized spacial score (nSPS) is 8.24. The Hall–Kier alpha value is -2.00. The first kappa shape index (κ1) is 15.0. The van der Waals surface area contributed by atoms with Gasteiger partial charge in [0.1, 0.15) is 0 Å². The minimum Gasteiger partial charge on any atom is -0.370 e. The van der Waals surface area contributed by atoms with Crippen molar-refractivity contribution >= 4 is 18.4 Å². The van der Waals surface area contributed by atoms with Gasteiger partial charge in [-0.25, -0.2) is 0 Å². The smallest absolute Gasteiger partial charge is 0.183 e. The zero-order valence-corrected chi connectivity index (χ0v) is 10.2. The van der Waals surface area contributed by atoms with Crippen LogP contribution in [0.2, 0.25) is 0 Å². The van der Waals surface area contributed by atoms with Crippen LogP contribution in [0, 0.1) is 5.41 Å². The van der Waals surface area contributed by atoms with Crippen molar-refractivity contribution in [2.24, 2.45) is 11.5 Å². The van der Waals surface area contributed by atoms with Gasteiger partial charge in [0.2, 0.25) is 0 Å². The van der Waals surface area contributed by atoms with Crippen molar-refractivity contribution in [2.45, 2.75) is 0 Å². The van der Waals surface area contributed by atoms with Gasteiger partial charge < -0.3 is 11.5 Å². The largest absolute Gasteiger partial charge is 0.370 e. The summed E-state index contributed by atoms with van der Waals surface area (Å²) in [7, 11) is 0. The standard InChI is InChI=1S/C12H10.CH5N3.ClH/c1-3-7-11(8-4-1)12-9-5-2-6-10-12;2-1(3)4;/h1-10H;(H5,2,3,4);1H. The van der Waals surface area contributed by atoms with Gasteiger partial charge in [0.25, 0.3) is 0 Å². The van der Waals surface area contributed by atoms with Crippen LogP contribution >= 0.6 is 12.4 Å². The van der Waals surface area contributed by atoms with Crippen LogP contribution in [0.1, 0.15) is 0 Å². The van der Waals surface area contributed by atoms with Crippen LogP contribution in [0.3, 0.4) is 0 Å². The molecule has 0 saturated heterocycles. The molecule has 3 nitrogen and oxygen atoms in total. The van der Waals surface area contributed by atoms with E-state index in [1.165, 1.54) is 11.1 Å². The van der Waals surface area contributed by atoms with E-state index in [1.54, 1.807) is 0 Å². The van der Waals surface area contributed by atoms with E-state index in [-0.39, 0.29) is 18.4 Å². The molecule has 0 aliphatic carbocycles. The molecule has 17 heavy (non-hydrogen) atoms. The lowest BCUT2D eigenvalue weighted by atomic mass is 10.1. The molecule has 0 heterocycles. The highest BCUT2D eigenvalue weighted by Gasteiger charge is 1.91. The lowest BCUT2D eigenvalue weighted by Crippen LogP contribution is -2.20. The molecule has 0 bridgehead atoms. The highest BCUT2D eigenvalue weighted by atomic mass is 35.5. The van der Waals surface area contributed by atoms with Crippen LogP contribution in [-0.2, 0) is 0 Å². The van der Waals surface area contributed by atoms with Crippen LogP contribution in [-0.4, -0.2) is 5.96 Å². The van der Waals surface area contributed by atoms with Gasteiger partial charge in [-0.2, -0.15) is 0 Å². The first-order valence-corrected chi connectivity index (χ1v) is 4.90. The Bertz CT molecular complexity index is 387. The zero-order valence-electron chi connectivity index (χ0n) is 9.34. The van der Waals surface area contributed by atoms with Crippen LogP contribution in [0.25, 0.3) is 11.1 Å². The third-order valence-corrected chi connectivity index (χ3v) is 1.88. The molecule has 0 radical (unpaired) electrons. The highest BCUT2D eigenvalue weighted by Crippen LogP contribution is 2.17. The average molecular weight is 250 g/mol. The summed E-state index contributed by atoms with van der Waals surface area (Å²) in [4.78, 5) is 0. The third kappa shape index (κ3) is 6.22. The molecule has 2 rings (SSSR count). The molecule has 0 aliphatic rings. The molecule has 0 saturated carbocycles. The van der Waals surface area contributed by atoms with Crippen molar-refractivity contribution in [3.63, 3.8) is 0 Å². The van der Waals surface area contributed by atoms with Gasteiger partial charge in [-0.3, -0.25) is 5.41 Å². The third-order valence-electron chi connectivity index (χ3n) is 1.88. The van der Waals surface area contributed by atoms with Gasteiger partial charge in [-0.1, -0.05) is 60.7 Å². The molecule has 0 unspecified atom stereocenters. The second-order valence-electron chi connectivity index (χ2n) is 3.19. The van der Waals surface area contributed by atoms with Crippen molar-refractivity contribution in [1.82, 2.24) is 0 Å². The van der Waals surface area contributed by atoms with Gasteiger partial charge in [0, 0.05) is 0 Å². The summed E-state index contributed by atoms with van der Waals surface area (Å²) in [5.41, 5.74) is 11.5. The number of rotatable bonds is 1. The SMILES string of the molecule is Cl.N=C(N)N.c1ccc(-c2ccccc2)cc1. The van der Waals surface area contributed by atoms with Crippen LogP contribution in [0.15, 0.2) is 60.7 Å². The summed E-state index contributed by atoms with van der Waals surface area (Å²) in [5.74, 6) is -0.333. The molecule has 5 N–H and O–H groups in total. The van der Waals surface area contributed by atoms with Gasteiger partial charge >= 0.3 is 0 Å². The minimum absolute atomic E-state index is 0. The first-order valence-electron chi connectivity index (χ1n) is 4.90. The number of nitrogens with one attached hydrogen (secondary N) is 1. The van der Waals surface area contributed by atoms with Crippen LogP contribution < -0.4 is 11.5 Å². The molecule has 4 heteroatoms. The molecule has 90 valence electrons. The second-order valence-corrected chi connectivity index (χ2v) is 3.19. The Morgan fingerprint density at radius 3 is 1.18 bits per heavy atom. The summed E-state index contributed by atoms with van der Waals surface area (Å²) in [5, 5.41) is 6.06. The zero-order chi connectivity index (χ0) is 11.8. The van der Waals surface area contributed by atoms with Crippen molar-refractivity contribution in [2.75, 3.05) is 0 Å². The van der Waals surface area contributed by atoms with Gasteiger partial charge in [-0.05, 0) is 11.1 Å². The summed E-state index contributed by atoms with van der Waals surface area (Å²) in [6, 6.07) is 20.8. The molecule has 0 spiro atoms. The number of hydrogen-bond acceptors (Lipinski definition) is 1. The Labute approximate surface area is 107 Å². The first-order chi connectivity index (χ1) is 7.70. The number of halogens is 1. The van der Waals surface area contributed by atoms with E-state index in [4.69, 9.17) is 5.41 Å². The maximum absolute atomic E-state index is 6.06. The van der Waals surface area contributed by atoms with E-state index < -0.39 is 0 Å². The Kier molecular flexibility index (Phi) is 7.22. The van der Waals surface area contributed by atoms with Crippen LogP contribution in [0.5, 0.6) is 0 Å². The van der Waals surface area contributed by atoms with Crippen LogP contribution in [0.4, 0.5) is 0 Å². The maximum Gasteiger partial charge on any atom is 0.183 e. The number of hydrogen-bond donors (Lipinski definition) is 3. The van der Waals surface area contributed by atoms with E-state index in [0.29, 0.717) is 0 Å². The topological polar surface area (TPSA) is 75.9 Å². The van der Waals surface area contributed by atoms with Crippen molar-refractivity contribution in [3.8, 4) is 11.1 Å². The summed E-state index contributed by atoms with van der Waals surface area (Å²) in [6.07, 6.45) is 0. The monoisotopic (exact) mass is 249 g/mol. The molecule has 0 amide bonds. The summed E-state index contributed by atoms with van der Waals surface area (Å²) >= 11 is 0. The molecule has 0 aromatic heterocycles. The number of benzene rings is 2.